The molecule has 0 aromatic heterocycles. The summed E-state index contributed by atoms with van der Waals surface area (Å²) in [6.07, 6.45) is 0. The molecule has 0 heterocycles. The van der Waals surface area contributed by atoms with E-state index in [-0.39, 0.29) is 24.7 Å². The van der Waals surface area contributed by atoms with E-state index in [4.69, 9.17) is 11.1 Å². The monoisotopic (exact) mass is 382 g/mol. The molecule has 0 saturated heterocycles. The molecule has 0 bridgehead atoms. The minimum atomic E-state index is -0.159. The van der Waals surface area contributed by atoms with Gasteiger partial charge in [-0.2, -0.15) is 0 Å². The fourth-order valence-electron chi connectivity index (χ4n) is 1.62. The molecular weight excluding hydrogens is 356 g/mol. The van der Waals surface area contributed by atoms with Crippen molar-refractivity contribution in [3.8, 4) is 0 Å². The van der Waals surface area contributed by atoms with Gasteiger partial charge < -0.3 is 0 Å². The summed E-state index contributed by atoms with van der Waals surface area (Å²) in [7, 11) is 0. The predicted molar refractivity (Wildman–Crippen MR) is 112 cm³/mol. The van der Waals surface area contributed by atoms with Gasteiger partial charge in [0.2, 0.25) is 0 Å². The van der Waals surface area contributed by atoms with Crippen LogP contribution in [0.2, 0.25) is 0 Å². The molecular formula is C20H26N6O2. The van der Waals surface area contributed by atoms with Crippen LogP contribution in [0.15, 0.2) is 70.9 Å². The summed E-state index contributed by atoms with van der Waals surface area (Å²) < 4.78 is 0. The van der Waals surface area contributed by atoms with Gasteiger partial charge in [0, 0.05) is 21.0 Å². The lowest BCUT2D eigenvalue weighted by molar-refractivity contribution is 0.0993. The van der Waals surface area contributed by atoms with Gasteiger partial charge in [-0.1, -0.05) is 98.6 Å². The highest BCUT2D eigenvalue weighted by Gasteiger charge is 2.01. The number of azide groups is 2. The second-order valence-corrected chi connectivity index (χ2v) is 4.36. The van der Waals surface area contributed by atoms with Gasteiger partial charge in [-0.05, 0) is 11.1 Å². The van der Waals surface area contributed by atoms with Gasteiger partial charge in [-0.3, -0.25) is 9.59 Å². The number of hydrogen-bond donors (Lipinski definition) is 0. The quantitative estimate of drug-likeness (QED) is 0.247. The van der Waals surface area contributed by atoms with Gasteiger partial charge in [0.25, 0.3) is 0 Å². The SMILES string of the molecule is CC.CC.[N-]=[N+]=NCC(=O)c1ccccc1.[N-]=[N+]=NCC(=O)c1ccccc1. The smallest absolute Gasteiger partial charge is 0.168 e. The van der Waals surface area contributed by atoms with E-state index in [9.17, 15) is 9.59 Å². The van der Waals surface area contributed by atoms with Crippen LogP contribution in [0.5, 0.6) is 0 Å². The summed E-state index contributed by atoms with van der Waals surface area (Å²) >= 11 is 0. The minimum Gasteiger partial charge on any atom is -0.294 e. The first-order chi connectivity index (χ1) is 13.7. The minimum absolute atomic E-state index is 0.111. The van der Waals surface area contributed by atoms with E-state index in [0.29, 0.717) is 11.1 Å². The molecule has 0 aliphatic heterocycles. The highest BCUT2D eigenvalue weighted by Crippen LogP contribution is 2.00. The lowest BCUT2D eigenvalue weighted by atomic mass is 10.1. The number of hydrogen-bond acceptors (Lipinski definition) is 4. The van der Waals surface area contributed by atoms with E-state index in [1.165, 1.54) is 0 Å². The van der Waals surface area contributed by atoms with Gasteiger partial charge >= 0.3 is 0 Å². The molecule has 0 atom stereocenters. The van der Waals surface area contributed by atoms with Crippen molar-refractivity contribution in [2.75, 3.05) is 13.1 Å². The first-order valence-corrected chi connectivity index (χ1v) is 8.87. The van der Waals surface area contributed by atoms with Crippen molar-refractivity contribution >= 4 is 11.6 Å². The number of rotatable bonds is 6. The molecule has 0 aliphatic carbocycles. The second kappa shape index (κ2) is 19.7. The van der Waals surface area contributed by atoms with Crippen LogP contribution in [-0.4, -0.2) is 24.7 Å². The largest absolute Gasteiger partial charge is 0.294 e. The zero-order valence-electron chi connectivity index (χ0n) is 16.7. The summed E-state index contributed by atoms with van der Waals surface area (Å²) in [6.45, 7) is 7.78. The van der Waals surface area contributed by atoms with Crippen LogP contribution in [0.3, 0.4) is 0 Å². The maximum absolute atomic E-state index is 11.1. The average molecular weight is 382 g/mol. The highest BCUT2D eigenvalue weighted by atomic mass is 16.1. The number of carbonyl (C=O) groups excluding carboxylic acids is 2. The number of carbonyl (C=O) groups is 2. The van der Waals surface area contributed by atoms with Crippen LogP contribution in [0.4, 0.5) is 0 Å². The van der Waals surface area contributed by atoms with Gasteiger partial charge in [-0.15, -0.1) is 0 Å². The van der Waals surface area contributed by atoms with Crippen molar-refractivity contribution in [2.24, 2.45) is 10.2 Å². The molecule has 28 heavy (non-hydrogen) atoms. The summed E-state index contributed by atoms with van der Waals surface area (Å²) in [6, 6.07) is 17.5. The lowest BCUT2D eigenvalue weighted by Crippen LogP contribution is -2.01. The highest BCUT2D eigenvalue weighted by molar-refractivity contribution is 5.98. The molecule has 8 heteroatoms. The molecule has 0 N–H and O–H groups in total. The Bertz CT molecular complexity index is 698. The number of nitrogens with zero attached hydrogens (tertiary/aromatic N) is 6. The fourth-order valence-corrected chi connectivity index (χ4v) is 1.62. The van der Waals surface area contributed by atoms with Crippen LogP contribution in [0.1, 0.15) is 48.4 Å². The second-order valence-electron chi connectivity index (χ2n) is 4.36. The molecule has 8 nitrogen and oxygen atoms in total. The Kier molecular flexibility index (Phi) is 18.8. The van der Waals surface area contributed by atoms with Gasteiger partial charge in [0.1, 0.15) is 0 Å². The first kappa shape index (κ1) is 26.6. The van der Waals surface area contributed by atoms with Crippen LogP contribution in [0, 0.1) is 0 Å². The van der Waals surface area contributed by atoms with E-state index in [2.05, 4.69) is 20.1 Å². The Balaban J connectivity index is 0. The van der Waals surface area contributed by atoms with Crippen molar-refractivity contribution < 1.29 is 9.59 Å². The lowest BCUT2D eigenvalue weighted by Gasteiger charge is -1.93. The van der Waals surface area contributed by atoms with Crippen molar-refractivity contribution in [2.45, 2.75) is 27.7 Å². The molecule has 2 aromatic carbocycles. The molecule has 2 rings (SSSR count). The number of benzene rings is 2. The molecule has 0 saturated carbocycles. The zero-order valence-corrected chi connectivity index (χ0v) is 16.7. The van der Waals surface area contributed by atoms with E-state index in [0.717, 1.165) is 0 Å². The molecule has 2 aromatic rings. The van der Waals surface area contributed by atoms with Gasteiger partial charge in [0.05, 0.1) is 13.1 Å². The van der Waals surface area contributed by atoms with Gasteiger partial charge in [0.15, 0.2) is 11.6 Å². The maximum atomic E-state index is 11.1. The van der Waals surface area contributed by atoms with E-state index < -0.39 is 0 Å². The van der Waals surface area contributed by atoms with Crippen molar-refractivity contribution in [1.82, 2.24) is 0 Å². The number of ketones is 2. The maximum Gasteiger partial charge on any atom is 0.168 e. The van der Waals surface area contributed by atoms with Crippen LogP contribution in [-0.2, 0) is 0 Å². The first-order valence-electron chi connectivity index (χ1n) is 8.87. The third kappa shape index (κ3) is 12.7. The molecule has 148 valence electrons. The zero-order chi connectivity index (χ0) is 21.6. The molecule has 0 fully saturated rings. The van der Waals surface area contributed by atoms with Crippen LogP contribution >= 0.6 is 0 Å². The van der Waals surface area contributed by atoms with Crippen LogP contribution in [0.25, 0.3) is 20.9 Å². The Morgan fingerprint density at radius 1 is 0.679 bits per heavy atom. The fraction of sp³-hybridized carbons (Fsp3) is 0.300. The summed E-state index contributed by atoms with van der Waals surface area (Å²) in [5.41, 5.74) is 17.1. The third-order valence-electron chi connectivity index (χ3n) is 2.75. The van der Waals surface area contributed by atoms with E-state index in [1.807, 2.05) is 39.8 Å². The van der Waals surface area contributed by atoms with Crippen molar-refractivity contribution in [1.29, 1.82) is 0 Å². The topological polar surface area (TPSA) is 132 Å². The van der Waals surface area contributed by atoms with E-state index in [1.54, 1.807) is 48.5 Å². The molecule has 0 aliphatic rings. The summed E-state index contributed by atoms with van der Waals surface area (Å²) in [5, 5.41) is 6.36. The Morgan fingerprint density at radius 2 is 0.964 bits per heavy atom. The van der Waals surface area contributed by atoms with E-state index >= 15 is 0 Å². The van der Waals surface area contributed by atoms with Gasteiger partial charge in [-0.25, -0.2) is 0 Å². The molecule has 0 radical (unpaired) electrons. The molecule has 0 unspecified atom stereocenters. The third-order valence-corrected chi connectivity index (χ3v) is 2.75. The number of Topliss-reactive ketones (excluding diaryl/α,β-unsaturated/α-hetero) is 2. The summed E-state index contributed by atoms with van der Waals surface area (Å²) in [5.74, 6) is -0.318. The Hall–Kier alpha value is -3.60. The standard InChI is InChI=1S/2C8H7N3O.2C2H6/c2*9-11-10-6-8(12)7-4-2-1-3-5-7;2*1-2/h2*1-5H,6H2;2*1-2H3. The van der Waals surface area contributed by atoms with Crippen LogP contribution < -0.4 is 0 Å². The average Bonchev–Trinajstić information content (AvgIpc) is 2.80. The molecule has 0 amide bonds. The Morgan fingerprint density at radius 3 is 1.21 bits per heavy atom. The molecule has 0 spiro atoms. The summed E-state index contributed by atoms with van der Waals surface area (Å²) in [4.78, 5) is 27.3. The Labute approximate surface area is 165 Å². The normalized spacial score (nSPS) is 7.86. The van der Waals surface area contributed by atoms with Crippen molar-refractivity contribution in [3.63, 3.8) is 0 Å². The predicted octanol–water partition coefficient (Wildman–Crippen LogP) is 6.41. The van der Waals surface area contributed by atoms with Crippen molar-refractivity contribution in [3.05, 3.63) is 92.7 Å².